The third-order valence-corrected chi connectivity index (χ3v) is 3.88. The van der Waals surface area contributed by atoms with Gasteiger partial charge in [0, 0.05) is 15.4 Å². The Hall–Kier alpha value is -1.18. The van der Waals surface area contributed by atoms with Crippen LogP contribution in [0.3, 0.4) is 0 Å². The van der Waals surface area contributed by atoms with Gasteiger partial charge in [-0.05, 0) is 26.0 Å². The smallest absolute Gasteiger partial charge is 0.123 e. The summed E-state index contributed by atoms with van der Waals surface area (Å²) in [6.07, 6.45) is 0. The minimum atomic E-state index is -0.527. The molecule has 0 unspecified atom stereocenters. The van der Waals surface area contributed by atoms with E-state index in [1.807, 2.05) is 43.5 Å². The Bertz CT molecular complexity index is 581. The number of halogens is 1. The van der Waals surface area contributed by atoms with Crippen LogP contribution in [-0.4, -0.2) is 4.98 Å². The lowest BCUT2D eigenvalue weighted by Gasteiger charge is -2.10. The topological polar surface area (TPSA) is 36.7 Å². The van der Waals surface area contributed by atoms with Crippen LogP contribution in [-0.2, 0) is 5.41 Å². The molecule has 1 heterocycles. The molecule has 1 aromatic carbocycles. The van der Waals surface area contributed by atoms with E-state index in [9.17, 15) is 0 Å². The molecule has 1 aromatic heterocycles. The maximum absolute atomic E-state index is 9.08. The fourth-order valence-electron chi connectivity index (χ4n) is 1.37. The van der Waals surface area contributed by atoms with Gasteiger partial charge in [-0.2, -0.15) is 5.26 Å². The number of benzene rings is 1. The highest BCUT2D eigenvalue weighted by Crippen LogP contribution is 2.30. The third-order valence-electron chi connectivity index (χ3n) is 2.50. The molecular formula is C13H11BrN2S. The second kappa shape index (κ2) is 4.59. The summed E-state index contributed by atoms with van der Waals surface area (Å²) in [5.41, 5.74) is 1.38. The first kappa shape index (κ1) is 12.3. The zero-order valence-corrected chi connectivity index (χ0v) is 12.0. The number of aromatic nitrogens is 1. The van der Waals surface area contributed by atoms with Gasteiger partial charge >= 0.3 is 0 Å². The van der Waals surface area contributed by atoms with E-state index in [0.29, 0.717) is 0 Å². The van der Waals surface area contributed by atoms with E-state index in [1.54, 1.807) is 11.3 Å². The Morgan fingerprint density at radius 1 is 1.41 bits per heavy atom. The molecular weight excluding hydrogens is 296 g/mol. The monoisotopic (exact) mass is 306 g/mol. The van der Waals surface area contributed by atoms with Gasteiger partial charge in [0.1, 0.15) is 5.01 Å². The second-order valence-corrected chi connectivity index (χ2v) is 6.06. The average molecular weight is 307 g/mol. The maximum atomic E-state index is 9.08. The normalized spacial score (nSPS) is 11.2. The molecule has 2 nitrogen and oxygen atoms in total. The summed E-state index contributed by atoms with van der Waals surface area (Å²) in [5.74, 6) is 0. The van der Waals surface area contributed by atoms with Crippen molar-refractivity contribution in [3.05, 3.63) is 39.8 Å². The summed E-state index contributed by atoms with van der Waals surface area (Å²) in [4.78, 5) is 4.54. The van der Waals surface area contributed by atoms with Gasteiger partial charge in [0.25, 0.3) is 0 Å². The Labute approximate surface area is 113 Å². The molecule has 0 spiro atoms. The first-order valence-electron chi connectivity index (χ1n) is 5.16. The van der Waals surface area contributed by atoms with E-state index in [4.69, 9.17) is 5.26 Å². The van der Waals surface area contributed by atoms with Crippen LogP contribution in [0.4, 0.5) is 0 Å². The average Bonchev–Trinajstić information content (AvgIpc) is 2.79. The lowest BCUT2D eigenvalue weighted by atomic mass is 9.92. The van der Waals surface area contributed by atoms with Crippen LogP contribution in [0.2, 0.25) is 0 Å². The fourth-order valence-corrected chi connectivity index (χ4v) is 2.76. The molecule has 0 radical (unpaired) electrons. The van der Waals surface area contributed by atoms with E-state index >= 15 is 0 Å². The summed E-state index contributed by atoms with van der Waals surface area (Å²) in [5, 5.41) is 12.0. The highest BCUT2D eigenvalue weighted by Gasteiger charge is 2.23. The first-order valence-corrected chi connectivity index (χ1v) is 6.83. The predicted molar refractivity (Wildman–Crippen MR) is 73.9 cm³/mol. The Kier molecular flexibility index (Phi) is 3.32. The van der Waals surface area contributed by atoms with Crippen LogP contribution in [0.1, 0.15) is 19.5 Å². The van der Waals surface area contributed by atoms with E-state index in [-0.39, 0.29) is 0 Å². The van der Waals surface area contributed by atoms with Crippen molar-refractivity contribution in [1.82, 2.24) is 4.98 Å². The molecule has 0 saturated carbocycles. The molecule has 0 aliphatic carbocycles. The lowest BCUT2D eigenvalue weighted by molar-refractivity contribution is 0.666. The predicted octanol–water partition coefficient (Wildman–Crippen LogP) is 4.37. The fraction of sp³-hybridized carbons (Fsp3) is 0.231. The molecule has 2 rings (SSSR count). The third kappa shape index (κ3) is 2.56. The summed E-state index contributed by atoms with van der Waals surface area (Å²) in [6.45, 7) is 3.76. The first-order chi connectivity index (χ1) is 8.03. The van der Waals surface area contributed by atoms with Gasteiger partial charge in [0.15, 0.2) is 0 Å². The van der Waals surface area contributed by atoms with E-state index in [2.05, 4.69) is 27.0 Å². The van der Waals surface area contributed by atoms with E-state index < -0.39 is 5.41 Å². The summed E-state index contributed by atoms with van der Waals surface area (Å²) < 4.78 is 1.03. The van der Waals surface area contributed by atoms with Crippen molar-refractivity contribution in [3.63, 3.8) is 0 Å². The van der Waals surface area contributed by atoms with Gasteiger partial charge < -0.3 is 0 Å². The standard InChI is InChI=1S/C13H11BrN2S/c1-13(2,8-15)11-7-17-12(16-11)9-4-3-5-10(14)6-9/h3-7H,1-2H3. The Morgan fingerprint density at radius 2 is 2.18 bits per heavy atom. The van der Waals surface area contributed by atoms with Crippen LogP contribution in [0.5, 0.6) is 0 Å². The molecule has 0 saturated heterocycles. The van der Waals surface area contributed by atoms with Crippen LogP contribution < -0.4 is 0 Å². The largest absolute Gasteiger partial charge is 0.239 e. The van der Waals surface area contributed by atoms with Crippen molar-refractivity contribution in [2.45, 2.75) is 19.3 Å². The molecule has 0 atom stereocenters. The Balaban J connectivity index is 2.41. The van der Waals surface area contributed by atoms with Gasteiger partial charge in [-0.1, -0.05) is 28.1 Å². The number of rotatable bonds is 2. The number of thiazole rings is 1. The summed E-state index contributed by atoms with van der Waals surface area (Å²) >= 11 is 5.01. The number of nitrogens with zero attached hydrogens (tertiary/aromatic N) is 2. The SMILES string of the molecule is CC(C)(C#N)c1csc(-c2cccc(Br)c2)n1. The maximum Gasteiger partial charge on any atom is 0.123 e. The van der Waals surface area contributed by atoms with Crippen LogP contribution in [0.25, 0.3) is 10.6 Å². The van der Waals surface area contributed by atoms with Gasteiger partial charge in [-0.25, -0.2) is 4.98 Å². The molecule has 0 aliphatic rings. The van der Waals surface area contributed by atoms with Crippen LogP contribution in [0.15, 0.2) is 34.1 Å². The van der Waals surface area contributed by atoms with Crippen molar-refractivity contribution in [2.24, 2.45) is 0 Å². The molecule has 0 fully saturated rings. The minimum absolute atomic E-state index is 0.527. The van der Waals surface area contributed by atoms with Gasteiger partial charge in [-0.15, -0.1) is 11.3 Å². The molecule has 2 aromatic rings. The van der Waals surface area contributed by atoms with Crippen molar-refractivity contribution in [3.8, 4) is 16.6 Å². The lowest BCUT2D eigenvalue weighted by Crippen LogP contribution is -2.14. The van der Waals surface area contributed by atoms with Crippen LogP contribution >= 0.6 is 27.3 Å². The van der Waals surface area contributed by atoms with Gasteiger partial charge in [0.05, 0.1) is 17.2 Å². The zero-order valence-electron chi connectivity index (χ0n) is 9.57. The molecule has 0 N–H and O–H groups in total. The number of hydrogen-bond donors (Lipinski definition) is 0. The second-order valence-electron chi connectivity index (χ2n) is 4.29. The molecule has 0 bridgehead atoms. The molecule has 17 heavy (non-hydrogen) atoms. The molecule has 0 amide bonds. The molecule has 86 valence electrons. The van der Waals surface area contributed by atoms with Crippen molar-refractivity contribution in [1.29, 1.82) is 5.26 Å². The summed E-state index contributed by atoms with van der Waals surface area (Å²) in [7, 11) is 0. The highest BCUT2D eigenvalue weighted by molar-refractivity contribution is 9.10. The zero-order chi connectivity index (χ0) is 12.5. The van der Waals surface area contributed by atoms with Gasteiger partial charge in [0.2, 0.25) is 0 Å². The Morgan fingerprint density at radius 3 is 2.82 bits per heavy atom. The number of hydrogen-bond acceptors (Lipinski definition) is 3. The quantitative estimate of drug-likeness (QED) is 0.826. The van der Waals surface area contributed by atoms with Crippen molar-refractivity contribution >= 4 is 27.3 Å². The minimum Gasteiger partial charge on any atom is -0.239 e. The molecule has 0 aliphatic heterocycles. The molecule has 4 heteroatoms. The van der Waals surface area contributed by atoms with Crippen molar-refractivity contribution < 1.29 is 0 Å². The van der Waals surface area contributed by atoms with E-state index in [0.717, 1.165) is 20.7 Å². The number of nitriles is 1. The van der Waals surface area contributed by atoms with Crippen LogP contribution in [0, 0.1) is 11.3 Å². The highest BCUT2D eigenvalue weighted by atomic mass is 79.9. The van der Waals surface area contributed by atoms with Gasteiger partial charge in [-0.3, -0.25) is 0 Å². The van der Waals surface area contributed by atoms with E-state index in [1.165, 1.54) is 0 Å². The summed E-state index contributed by atoms with van der Waals surface area (Å²) in [6, 6.07) is 10.3. The van der Waals surface area contributed by atoms with Crippen molar-refractivity contribution in [2.75, 3.05) is 0 Å².